The third-order valence-electron chi connectivity index (χ3n) is 2.48. The van der Waals surface area contributed by atoms with Crippen LogP contribution in [0.15, 0.2) is 28.7 Å². The maximum absolute atomic E-state index is 11.8. The molecule has 1 N–H and O–H groups in total. The van der Waals surface area contributed by atoms with Crippen LogP contribution in [0.3, 0.4) is 0 Å². The molecule has 0 saturated carbocycles. The molecule has 1 aromatic carbocycles. The van der Waals surface area contributed by atoms with E-state index in [9.17, 15) is 9.59 Å². The van der Waals surface area contributed by atoms with Crippen molar-refractivity contribution in [2.75, 3.05) is 20.3 Å². The molecule has 0 spiro atoms. The van der Waals surface area contributed by atoms with Gasteiger partial charge in [0.15, 0.2) is 0 Å². The largest absolute Gasteiger partial charge is 0.481 e. The van der Waals surface area contributed by atoms with Crippen LogP contribution in [-0.4, -0.2) is 42.1 Å². The number of hydrogen-bond donors (Lipinski definition) is 1. The predicted molar refractivity (Wildman–Crippen MR) is 73.7 cm³/mol. The molecular weight excluding hydrogens is 314 g/mol. The van der Waals surface area contributed by atoms with Crippen LogP contribution in [-0.2, 0) is 20.9 Å². The van der Waals surface area contributed by atoms with E-state index in [-0.39, 0.29) is 25.5 Å². The molecule has 5 nitrogen and oxygen atoms in total. The van der Waals surface area contributed by atoms with Crippen molar-refractivity contribution in [2.45, 2.75) is 13.0 Å². The topological polar surface area (TPSA) is 66.8 Å². The fraction of sp³-hybridized carbons (Fsp3) is 0.385. The molecule has 19 heavy (non-hydrogen) atoms. The Morgan fingerprint density at radius 1 is 1.42 bits per heavy atom. The average Bonchev–Trinajstić information content (AvgIpc) is 2.34. The van der Waals surface area contributed by atoms with Crippen molar-refractivity contribution >= 4 is 27.8 Å². The third kappa shape index (κ3) is 5.85. The molecule has 0 heterocycles. The second-order valence-electron chi connectivity index (χ2n) is 4.02. The third-order valence-corrected chi connectivity index (χ3v) is 2.97. The van der Waals surface area contributed by atoms with Gasteiger partial charge >= 0.3 is 5.97 Å². The molecule has 104 valence electrons. The molecule has 0 aliphatic heterocycles. The minimum absolute atomic E-state index is 0.0480. The van der Waals surface area contributed by atoms with E-state index in [1.165, 1.54) is 12.0 Å². The summed E-state index contributed by atoms with van der Waals surface area (Å²) in [5.74, 6) is -1.15. The summed E-state index contributed by atoms with van der Waals surface area (Å²) in [5, 5.41) is 8.71. The van der Waals surface area contributed by atoms with Crippen molar-refractivity contribution in [3.05, 3.63) is 34.3 Å². The van der Waals surface area contributed by atoms with Crippen molar-refractivity contribution in [3.63, 3.8) is 0 Å². The number of benzene rings is 1. The number of methoxy groups -OCH3 is 1. The van der Waals surface area contributed by atoms with Gasteiger partial charge in [-0.1, -0.05) is 28.1 Å². The second-order valence-corrected chi connectivity index (χ2v) is 4.94. The first-order valence-corrected chi connectivity index (χ1v) is 6.55. The highest BCUT2D eigenvalue weighted by Gasteiger charge is 2.15. The smallest absolute Gasteiger partial charge is 0.305 e. The number of rotatable bonds is 7. The molecule has 0 atom stereocenters. The lowest BCUT2D eigenvalue weighted by Gasteiger charge is -2.22. The van der Waals surface area contributed by atoms with Crippen molar-refractivity contribution < 1.29 is 19.4 Å². The fourth-order valence-corrected chi connectivity index (χ4v) is 2.04. The van der Waals surface area contributed by atoms with Gasteiger partial charge < -0.3 is 14.7 Å². The Labute approximate surface area is 120 Å². The van der Waals surface area contributed by atoms with Gasteiger partial charge in [-0.25, -0.2) is 0 Å². The van der Waals surface area contributed by atoms with E-state index < -0.39 is 5.97 Å². The van der Waals surface area contributed by atoms with E-state index in [4.69, 9.17) is 9.84 Å². The van der Waals surface area contributed by atoms with Crippen LogP contribution in [0.25, 0.3) is 0 Å². The number of carboxylic acid groups (broad SMARTS) is 1. The zero-order chi connectivity index (χ0) is 14.3. The van der Waals surface area contributed by atoms with E-state index >= 15 is 0 Å². The van der Waals surface area contributed by atoms with Crippen LogP contribution in [0.5, 0.6) is 0 Å². The molecule has 1 amide bonds. The zero-order valence-corrected chi connectivity index (χ0v) is 12.2. The minimum Gasteiger partial charge on any atom is -0.481 e. The Balaban J connectivity index is 2.72. The number of hydrogen-bond acceptors (Lipinski definition) is 3. The number of halogens is 1. The molecule has 0 fully saturated rings. The van der Waals surface area contributed by atoms with Crippen molar-refractivity contribution in [1.29, 1.82) is 0 Å². The van der Waals surface area contributed by atoms with Gasteiger partial charge in [0.05, 0.1) is 6.42 Å². The lowest BCUT2D eigenvalue weighted by Crippen LogP contribution is -2.35. The van der Waals surface area contributed by atoms with Crippen molar-refractivity contribution in [2.24, 2.45) is 0 Å². The summed E-state index contributed by atoms with van der Waals surface area (Å²) in [6.07, 6.45) is -0.0799. The number of carbonyl (C=O) groups is 2. The monoisotopic (exact) mass is 329 g/mol. The lowest BCUT2D eigenvalue weighted by atomic mass is 10.2. The van der Waals surface area contributed by atoms with Crippen molar-refractivity contribution in [1.82, 2.24) is 4.90 Å². The summed E-state index contributed by atoms with van der Waals surface area (Å²) >= 11 is 3.36. The Morgan fingerprint density at radius 3 is 2.74 bits per heavy atom. The van der Waals surface area contributed by atoms with E-state index in [1.807, 2.05) is 24.3 Å². The normalized spacial score (nSPS) is 10.2. The molecule has 0 aliphatic carbocycles. The molecule has 0 unspecified atom stereocenters. The van der Waals surface area contributed by atoms with Crippen LogP contribution in [0.2, 0.25) is 0 Å². The maximum Gasteiger partial charge on any atom is 0.305 e. The Morgan fingerprint density at radius 2 is 2.16 bits per heavy atom. The van der Waals surface area contributed by atoms with Gasteiger partial charge in [-0.05, 0) is 17.7 Å². The SMILES string of the molecule is COCC(=O)N(CCC(=O)O)Cc1cccc(Br)c1. The van der Waals surface area contributed by atoms with Gasteiger partial charge in [0.1, 0.15) is 6.61 Å². The number of aliphatic carboxylic acids is 1. The van der Waals surface area contributed by atoms with Crippen LogP contribution >= 0.6 is 15.9 Å². The number of nitrogens with zero attached hydrogens (tertiary/aromatic N) is 1. The Kier molecular flexibility index (Phi) is 6.52. The quantitative estimate of drug-likeness (QED) is 0.829. The van der Waals surface area contributed by atoms with Crippen molar-refractivity contribution in [3.8, 4) is 0 Å². The van der Waals surface area contributed by atoms with Crippen LogP contribution in [0.1, 0.15) is 12.0 Å². The minimum atomic E-state index is -0.926. The van der Waals surface area contributed by atoms with Gasteiger partial charge in [-0.15, -0.1) is 0 Å². The van der Waals surface area contributed by atoms with Gasteiger partial charge in [0.25, 0.3) is 0 Å². The molecule has 0 saturated heterocycles. The van der Waals surface area contributed by atoms with Crippen LogP contribution in [0.4, 0.5) is 0 Å². The fourth-order valence-electron chi connectivity index (χ4n) is 1.59. The average molecular weight is 330 g/mol. The highest BCUT2D eigenvalue weighted by atomic mass is 79.9. The Bertz CT molecular complexity index is 450. The van der Waals surface area contributed by atoms with Crippen LogP contribution in [0, 0.1) is 0 Å². The highest BCUT2D eigenvalue weighted by molar-refractivity contribution is 9.10. The lowest BCUT2D eigenvalue weighted by molar-refractivity contribution is -0.140. The summed E-state index contributed by atoms with van der Waals surface area (Å²) in [5.41, 5.74) is 0.934. The molecular formula is C13H16BrNO4. The van der Waals surface area contributed by atoms with Gasteiger partial charge in [0, 0.05) is 24.7 Å². The first-order chi connectivity index (χ1) is 9.02. The molecule has 0 bridgehead atoms. The van der Waals surface area contributed by atoms with Gasteiger partial charge in [-0.3, -0.25) is 9.59 Å². The first kappa shape index (κ1) is 15.7. The van der Waals surface area contributed by atoms with Crippen LogP contribution < -0.4 is 0 Å². The number of carbonyl (C=O) groups excluding carboxylic acids is 1. The summed E-state index contributed by atoms with van der Waals surface area (Å²) in [6.45, 7) is 0.493. The molecule has 1 rings (SSSR count). The first-order valence-electron chi connectivity index (χ1n) is 5.76. The summed E-state index contributed by atoms with van der Waals surface area (Å²) in [7, 11) is 1.44. The number of ether oxygens (including phenoxy) is 1. The number of carboxylic acids is 1. The van der Waals surface area contributed by atoms with Gasteiger partial charge in [0.2, 0.25) is 5.91 Å². The Hall–Kier alpha value is -1.40. The maximum atomic E-state index is 11.8. The summed E-state index contributed by atoms with van der Waals surface area (Å²) < 4.78 is 5.72. The highest BCUT2D eigenvalue weighted by Crippen LogP contribution is 2.13. The second kappa shape index (κ2) is 7.91. The molecule has 6 heteroatoms. The summed E-state index contributed by atoms with van der Waals surface area (Å²) in [4.78, 5) is 23.9. The van der Waals surface area contributed by atoms with E-state index in [1.54, 1.807) is 0 Å². The molecule has 1 aromatic rings. The predicted octanol–water partition coefficient (Wildman–Crippen LogP) is 1.90. The molecule has 0 radical (unpaired) electrons. The van der Waals surface area contributed by atoms with E-state index in [0.717, 1.165) is 10.0 Å². The summed E-state index contributed by atoms with van der Waals surface area (Å²) in [6, 6.07) is 7.55. The standard InChI is InChI=1S/C13H16BrNO4/c1-19-9-12(16)15(6-5-13(17)18)8-10-3-2-4-11(14)7-10/h2-4,7H,5-6,8-9H2,1H3,(H,17,18). The number of amides is 1. The van der Waals surface area contributed by atoms with E-state index in [2.05, 4.69) is 15.9 Å². The molecule has 0 aliphatic rings. The van der Waals surface area contributed by atoms with E-state index in [0.29, 0.717) is 6.54 Å². The molecule has 0 aromatic heterocycles. The zero-order valence-electron chi connectivity index (χ0n) is 10.6. The van der Waals surface area contributed by atoms with Gasteiger partial charge in [-0.2, -0.15) is 0 Å².